The predicted octanol–water partition coefficient (Wildman–Crippen LogP) is 16.6. The van der Waals surface area contributed by atoms with Crippen molar-refractivity contribution in [3.8, 4) is 44.5 Å². The van der Waals surface area contributed by atoms with Crippen LogP contribution in [0.15, 0.2) is 158 Å². The highest BCUT2D eigenvalue weighted by molar-refractivity contribution is 6.47. The van der Waals surface area contributed by atoms with Crippen LogP contribution >= 0.6 is 0 Å². The van der Waals surface area contributed by atoms with Crippen LogP contribution in [0.3, 0.4) is 0 Å². The number of rotatable bonds is 0. The summed E-state index contributed by atoms with van der Waals surface area (Å²) in [6, 6.07) is 61.4. The van der Waals surface area contributed by atoms with Gasteiger partial charge in [-0.25, -0.2) is 0 Å². The van der Waals surface area contributed by atoms with E-state index in [9.17, 15) is 0 Å². The third-order valence-corrected chi connectivity index (χ3v) is 15.1. The first kappa shape index (κ1) is 27.9. The van der Waals surface area contributed by atoms with Crippen molar-refractivity contribution in [2.45, 2.75) is 0 Å². The standard InChI is InChI=1S/C58H26/c1-2-6-28-27(5-1)31-9-13-35-39-17-21-43-47-25-49-45-23-19-41-37-15-11-33-29-7-3-4-8-30(29)34-12-16-38(54(37)52(33)34)42-20-24-46(58(45)56(41)42)50(49)26-48(47)44-22-18-40(55(39)57(43)44)36-14-10-32(28)51(31)53(35)36/h1-26H. The van der Waals surface area contributed by atoms with Gasteiger partial charge in [-0.1, -0.05) is 146 Å². The smallest absolute Gasteiger partial charge is 0.00139 e. The number of hydrogen-bond acceptors (Lipinski definition) is 0. The summed E-state index contributed by atoms with van der Waals surface area (Å²) >= 11 is 0. The molecule has 0 fully saturated rings. The average molecular weight is 723 g/mol. The van der Waals surface area contributed by atoms with Crippen molar-refractivity contribution in [3.05, 3.63) is 158 Å². The second-order valence-electron chi connectivity index (χ2n) is 17.3. The van der Waals surface area contributed by atoms with Crippen molar-refractivity contribution < 1.29 is 0 Å². The maximum absolute atomic E-state index is 2.53. The van der Waals surface area contributed by atoms with Crippen molar-refractivity contribution in [3.63, 3.8) is 0 Å². The van der Waals surface area contributed by atoms with E-state index in [4.69, 9.17) is 0 Å². The molecule has 17 rings (SSSR count). The molecule has 0 saturated heterocycles. The molecule has 0 unspecified atom stereocenters. The monoisotopic (exact) mass is 722 g/mol. The van der Waals surface area contributed by atoms with Crippen LogP contribution in [-0.2, 0) is 0 Å². The van der Waals surface area contributed by atoms with E-state index in [2.05, 4.69) is 158 Å². The van der Waals surface area contributed by atoms with Gasteiger partial charge < -0.3 is 0 Å². The molecule has 15 aromatic rings. The Morgan fingerprint density at radius 3 is 0.569 bits per heavy atom. The zero-order valence-electron chi connectivity index (χ0n) is 31.0. The lowest BCUT2D eigenvalue weighted by Gasteiger charge is -2.16. The summed E-state index contributed by atoms with van der Waals surface area (Å²) in [6.45, 7) is 0. The fraction of sp³-hybridized carbons (Fsp3) is 0. The van der Waals surface area contributed by atoms with Gasteiger partial charge in [0.1, 0.15) is 0 Å². The number of benzene rings is 13. The number of fused-ring (bicyclic) bond motifs is 16. The molecule has 0 radical (unpaired) electrons. The fourth-order valence-corrected chi connectivity index (χ4v) is 13.0. The Bertz CT molecular complexity index is 3910. The molecule has 0 bridgehead atoms. The molecule has 0 aromatic heterocycles. The van der Waals surface area contributed by atoms with Crippen LogP contribution in [0, 0.1) is 0 Å². The molecule has 0 aliphatic heterocycles. The van der Waals surface area contributed by atoms with E-state index in [1.165, 1.54) is 174 Å². The molecule has 0 heteroatoms. The van der Waals surface area contributed by atoms with Crippen molar-refractivity contribution >= 4 is 129 Å². The third-order valence-electron chi connectivity index (χ3n) is 15.1. The molecule has 258 valence electrons. The summed E-state index contributed by atoms with van der Waals surface area (Å²) in [7, 11) is 0. The van der Waals surface area contributed by atoms with Crippen LogP contribution in [0.5, 0.6) is 0 Å². The van der Waals surface area contributed by atoms with Crippen LogP contribution in [0.4, 0.5) is 0 Å². The molecule has 0 amide bonds. The maximum atomic E-state index is 2.53. The second kappa shape index (κ2) is 8.87. The highest BCUT2D eigenvalue weighted by atomic mass is 14.3. The highest BCUT2D eigenvalue weighted by Crippen LogP contribution is 2.56. The average Bonchev–Trinajstić information content (AvgIpc) is 4.00. The summed E-state index contributed by atoms with van der Waals surface area (Å²) in [4.78, 5) is 0. The molecule has 0 N–H and O–H groups in total. The fourth-order valence-electron chi connectivity index (χ4n) is 13.0. The first-order valence-electron chi connectivity index (χ1n) is 20.6. The summed E-state index contributed by atoms with van der Waals surface area (Å²) in [6.07, 6.45) is 0. The van der Waals surface area contributed by atoms with E-state index in [1.54, 1.807) is 0 Å². The van der Waals surface area contributed by atoms with Crippen LogP contribution in [-0.4, -0.2) is 0 Å². The van der Waals surface area contributed by atoms with Crippen molar-refractivity contribution in [2.24, 2.45) is 0 Å². The Balaban J connectivity index is 0.973. The van der Waals surface area contributed by atoms with Gasteiger partial charge in [0.2, 0.25) is 0 Å². The summed E-state index contributed by atoms with van der Waals surface area (Å²) < 4.78 is 0. The SMILES string of the molecule is c1ccc2c(c1)-c1ccc3c4ccc5c6cc7c(cc6c6ccc(c8ccc-2c1c38)c4c56)c1ccc2c3ccc4c5c(ccc(c6ccc7c1c62)c53)-c1ccccc1-4. The van der Waals surface area contributed by atoms with Gasteiger partial charge in [0.05, 0.1) is 0 Å². The quantitative estimate of drug-likeness (QED) is 0.108. The molecular formula is C58H26. The van der Waals surface area contributed by atoms with E-state index < -0.39 is 0 Å². The van der Waals surface area contributed by atoms with Gasteiger partial charge in [0.25, 0.3) is 0 Å². The van der Waals surface area contributed by atoms with Gasteiger partial charge in [-0.15, -0.1) is 0 Å². The molecule has 2 aliphatic carbocycles. The lowest BCUT2D eigenvalue weighted by Crippen LogP contribution is -1.88. The zero-order valence-corrected chi connectivity index (χ0v) is 31.0. The summed E-state index contributed by atoms with van der Waals surface area (Å²) in [5.41, 5.74) is 10.9. The minimum Gasteiger partial charge on any atom is -0.0616 e. The molecule has 0 nitrogen and oxygen atoms in total. The van der Waals surface area contributed by atoms with Crippen LogP contribution in [0.1, 0.15) is 0 Å². The van der Waals surface area contributed by atoms with Crippen molar-refractivity contribution in [1.29, 1.82) is 0 Å². The van der Waals surface area contributed by atoms with E-state index in [0.717, 1.165) is 0 Å². The highest BCUT2D eigenvalue weighted by Gasteiger charge is 2.28. The van der Waals surface area contributed by atoms with E-state index in [0.29, 0.717) is 0 Å². The van der Waals surface area contributed by atoms with E-state index in [-0.39, 0.29) is 0 Å². The Labute approximate surface area is 330 Å². The van der Waals surface area contributed by atoms with Crippen molar-refractivity contribution in [1.82, 2.24) is 0 Å². The minimum atomic E-state index is 1.35. The lowest BCUT2D eigenvalue weighted by molar-refractivity contribution is 1.70. The Morgan fingerprint density at radius 2 is 0.328 bits per heavy atom. The Hall–Kier alpha value is -7.54. The van der Waals surface area contributed by atoms with Crippen LogP contribution in [0.2, 0.25) is 0 Å². The number of hydrogen-bond donors (Lipinski definition) is 0. The molecule has 15 aromatic carbocycles. The normalized spacial score (nSPS) is 13.5. The molecule has 0 saturated carbocycles. The van der Waals surface area contributed by atoms with Gasteiger partial charge in [-0.2, -0.15) is 0 Å². The van der Waals surface area contributed by atoms with Crippen molar-refractivity contribution in [2.75, 3.05) is 0 Å². The summed E-state index contributed by atoms with van der Waals surface area (Å²) in [5.74, 6) is 0. The topological polar surface area (TPSA) is 0 Å². The molecule has 58 heavy (non-hydrogen) atoms. The molecular weight excluding hydrogens is 697 g/mol. The minimum absolute atomic E-state index is 1.35. The van der Waals surface area contributed by atoms with Gasteiger partial charge in [0, 0.05) is 0 Å². The first-order chi connectivity index (χ1) is 28.8. The zero-order chi connectivity index (χ0) is 36.9. The van der Waals surface area contributed by atoms with Gasteiger partial charge in [-0.3, -0.25) is 0 Å². The maximum Gasteiger partial charge on any atom is -0.00139 e. The van der Waals surface area contributed by atoms with Gasteiger partial charge >= 0.3 is 0 Å². The van der Waals surface area contributed by atoms with E-state index in [1.807, 2.05) is 0 Å². The largest absolute Gasteiger partial charge is 0.0616 e. The van der Waals surface area contributed by atoms with Crippen LogP contribution in [0.25, 0.3) is 174 Å². The Morgan fingerprint density at radius 1 is 0.138 bits per heavy atom. The van der Waals surface area contributed by atoms with Crippen LogP contribution < -0.4 is 0 Å². The van der Waals surface area contributed by atoms with Gasteiger partial charge in [0.15, 0.2) is 0 Å². The molecule has 0 spiro atoms. The predicted molar refractivity (Wildman–Crippen MR) is 250 cm³/mol. The van der Waals surface area contributed by atoms with Gasteiger partial charge in [-0.05, 0) is 186 Å². The van der Waals surface area contributed by atoms with E-state index >= 15 is 0 Å². The third kappa shape index (κ3) is 2.77. The Kier molecular flexibility index (Phi) is 4.27. The molecule has 0 heterocycles. The lowest BCUT2D eigenvalue weighted by atomic mass is 9.87. The second-order valence-corrected chi connectivity index (χ2v) is 17.3. The first-order valence-corrected chi connectivity index (χ1v) is 20.6. The molecule has 2 aliphatic rings. The summed E-state index contributed by atoms with van der Waals surface area (Å²) in [5, 5.41) is 33.1. The molecule has 0 atom stereocenters.